The summed E-state index contributed by atoms with van der Waals surface area (Å²) in [4.78, 5) is 12.3. The molecular weight excluding hydrogens is 340 g/mol. The molecule has 146 valence electrons. The van der Waals surface area contributed by atoms with Gasteiger partial charge in [-0.05, 0) is 43.4 Å². The number of anilines is 1. The standard InChI is InChI=1S/C22H30N2O3/c1-16(2)9-8-14-27-21-15-19(12-13-20(21)26-4)24-22(25)23-17(3)18-10-6-5-7-11-18/h5-7,10-13,15-17H,8-9,14H2,1-4H3,(H2,23,24,25)/t17-/m0/s1. The second kappa shape index (κ2) is 10.5. The first-order valence-corrected chi connectivity index (χ1v) is 9.43. The first kappa shape index (κ1) is 20.6. The van der Waals surface area contributed by atoms with Crippen LogP contribution in [0, 0.1) is 5.92 Å². The van der Waals surface area contributed by atoms with Gasteiger partial charge in [-0.3, -0.25) is 0 Å². The summed E-state index contributed by atoms with van der Waals surface area (Å²) >= 11 is 0. The number of benzene rings is 2. The van der Waals surface area contributed by atoms with Crippen LogP contribution in [0.2, 0.25) is 0 Å². The summed E-state index contributed by atoms with van der Waals surface area (Å²) in [5.41, 5.74) is 1.71. The van der Waals surface area contributed by atoms with Crippen LogP contribution in [-0.4, -0.2) is 19.7 Å². The number of amides is 2. The Morgan fingerprint density at radius 2 is 1.78 bits per heavy atom. The number of methoxy groups -OCH3 is 1. The molecule has 0 aliphatic rings. The van der Waals surface area contributed by atoms with Gasteiger partial charge in [0.15, 0.2) is 11.5 Å². The van der Waals surface area contributed by atoms with E-state index in [1.807, 2.05) is 37.3 Å². The molecule has 1 atom stereocenters. The highest BCUT2D eigenvalue weighted by Crippen LogP contribution is 2.30. The molecule has 5 nitrogen and oxygen atoms in total. The van der Waals surface area contributed by atoms with Crippen molar-refractivity contribution in [2.75, 3.05) is 19.0 Å². The summed E-state index contributed by atoms with van der Waals surface area (Å²) in [6.45, 7) is 6.96. The molecule has 2 rings (SSSR count). The van der Waals surface area contributed by atoms with Crippen molar-refractivity contribution in [1.29, 1.82) is 0 Å². The number of carbonyl (C=O) groups is 1. The van der Waals surface area contributed by atoms with Gasteiger partial charge in [0.1, 0.15) is 0 Å². The number of rotatable bonds is 9. The zero-order chi connectivity index (χ0) is 19.6. The maximum Gasteiger partial charge on any atom is 0.319 e. The zero-order valence-corrected chi connectivity index (χ0v) is 16.6. The Balaban J connectivity index is 1.94. The predicted molar refractivity (Wildman–Crippen MR) is 110 cm³/mol. The van der Waals surface area contributed by atoms with Crippen molar-refractivity contribution in [2.24, 2.45) is 5.92 Å². The monoisotopic (exact) mass is 370 g/mol. The van der Waals surface area contributed by atoms with E-state index in [0.717, 1.165) is 18.4 Å². The van der Waals surface area contributed by atoms with Gasteiger partial charge in [0.2, 0.25) is 0 Å². The van der Waals surface area contributed by atoms with Crippen LogP contribution in [0.5, 0.6) is 11.5 Å². The molecule has 0 radical (unpaired) electrons. The lowest BCUT2D eigenvalue weighted by atomic mass is 10.1. The molecule has 0 fully saturated rings. The van der Waals surface area contributed by atoms with Crippen molar-refractivity contribution in [3.63, 3.8) is 0 Å². The molecule has 0 spiro atoms. The number of hydrogen-bond donors (Lipinski definition) is 2. The molecule has 2 amide bonds. The minimum atomic E-state index is -0.262. The van der Waals surface area contributed by atoms with E-state index in [2.05, 4.69) is 24.5 Å². The van der Waals surface area contributed by atoms with Crippen LogP contribution in [0.3, 0.4) is 0 Å². The van der Waals surface area contributed by atoms with Gasteiger partial charge in [-0.2, -0.15) is 0 Å². The summed E-state index contributed by atoms with van der Waals surface area (Å²) in [7, 11) is 1.61. The average Bonchev–Trinajstić information content (AvgIpc) is 2.66. The molecular formula is C22H30N2O3. The Morgan fingerprint density at radius 3 is 2.44 bits per heavy atom. The van der Waals surface area contributed by atoms with E-state index in [1.165, 1.54) is 0 Å². The van der Waals surface area contributed by atoms with Crippen molar-refractivity contribution in [1.82, 2.24) is 5.32 Å². The smallest absolute Gasteiger partial charge is 0.319 e. The maximum atomic E-state index is 12.3. The second-order valence-electron chi connectivity index (χ2n) is 6.98. The number of hydrogen-bond acceptors (Lipinski definition) is 3. The van der Waals surface area contributed by atoms with Crippen LogP contribution in [0.1, 0.15) is 45.2 Å². The molecule has 27 heavy (non-hydrogen) atoms. The lowest BCUT2D eigenvalue weighted by Crippen LogP contribution is -2.31. The summed E-state index contributed by atoms with van der Waals surface area (Å²) in [6, 6.07) is 14.9. The average molecular weight is 370 g/mol. The molecule has 0 aliphatic heterocycles. The molecule has 0 heterocycles. The molecule has 0 bridgehead atoms. The van der Waals surface area contributed by atoms with Crippen LogP contribution in [0.4, 0.5) is 10.5 Å². The fourth-order valence-corrected chi connectivity index (χ4v) is 2.73. The summed E-state index contributed by atoms with van der Waals surface area (Å²) in [5, 5.41) is 5.79. The Kier molecular flexibility index (Phi) is 7.99. The van der Waals surface area contributed by atoms with E-state index >= 15 is 0 Å². The molecule has 0 aliphatic carbocycles. The number of carbonyl (C=O) groups excluding carboxylic acids is 1. The van der Waals surface area contributed by atoms with E-state index < -0.39 is 0 Å². The molecule has 0 unspecified atom stereocenters. The highest BCUT2D eigenvalue weighted by molar-refractivity contribution is 5.89. The van der Waals surface area contributed by atoms with Crippen LogP contribution in [-0.2, 0) is 0 Å². The predicted octanol–water partition coefficient (Wildman–Crippen LogP) is 5.39. The van der Waals surface area contributed by atoms with Crippen LogP contribution >= 0.6 is 0 Å². The van der Waals surface area contributed by atoms with E-state index in [4.69, 9.17) is 9.47 Å². The SMILES string of the molecule is COc1ccc(NC(=O)N[C@@H](C)c2ccccc2)cc1OCCCC(C)C. The molecule has 0 saturated heterocycles. The minimum Gasteiger partial charge on any atom is -0.493 e. The Morgan fingerprint density at radius 1 is 1.04 bits per heavy atom. The lowest BCUT2D eigenvalue weighted by molar-refractivity contribution is 0.249. The van der Waals surface area contributed by atoms with Crippen LogP contribution in [0.25, 0.3) is 0 Å². The highest BCUT2D eigenvalue weighted by atomic mass is 16.5. The Bertz CT molecular complexity index is 717. The number of urea groups is 1. The largest absolute Gasteiger partial charge is 0.493 e. The van der Waals surface area contributed by atoms with E-state index in [9.17, 15) is 4.79 Å². The van der Waals surface area contributed by atoms with Crippen LogP contribution in [0.15, 0.2) is 48.5 Å². The maximum absolute atomic E-state index is 12.3. The van der Waals surface area contributed by atoms with Gasteiger partial charge in [0.05, 0.1) is 19.8 Å². The summed E-state index contributed by atoms with van der Waals surface area (Å²) in [6.07, 6.45) is 2.09. The number of ether oxygens (including phenoxy) is 2. The second-order valence-corrected chi connectivity index (χ2v) is 6.98. The third-order valence-corrected chi connectivity index (χ3v) is 4.25. The zero-order valence-electron chi connectivity index (χ0n) is 16.6. The summed E-state index contributed by atoms with van der Waals surface area (Å²) in [5.74, 6) is 1.94. The molecule has 5 heteroatoms. The van der Waals surface area contributed by atoms with Gasteiger partial charge in [0.25, 0.3) is 0 Å². The Hall–Kier alpha value is -2.69. The molecule has 0 aromatic heterocycles. The van der Waals surface area contributed by atoms with Crippen molar-refractivity contribution < 1.29 is 14.3 Å². The third-order valence-electron chi connectivity index (χ3n) is 4.25. The van der Waals surface area contributed by atoms with Crippen molar-refractivity contribution in [2.45, 2.75) is 39.7 Å². The van der Waals surface area contributed by atoms with E-state index in [1.54, 1.807) is 25.3 Å². The first-order valence-electron chi connectivity index (χ1n) is 9.43. The van der Waals surface area contributed by atoms with E-state index in [-0.39, 0.29) is 12.1 Å². The number of nitrogens with one attached hydrogen (secondary N) is 2. The van der Waals surface area contributed by atoms with Gasteiger partial charge in [-0.15, -0.1) is 0 Å². The van der Waals surface area contributed by atoms with Crippen molar-refractivity contribution >= 4 is 11.7 Å². The quantitative estimate of drug-likeness (QED) is 0.582. The lowest BCUT2D eigenvalue weighted by Gasteiger charge is -2.16. The first-order chi connectivity index (χ1) is 13.0. The molecule has 2 aromatic rings. The molecule has 2 aromatic carbocycles. The van der Waals surface area contributed by atoms with E-state index in [0.29, 0.717) is 29.7 Å². The van der Waals surface area contributed by atoms with Crippen molar-refractivity contribution in [3.8, 4) is 11.5 Å². The fourth-order valence-electron chi connectivity index (χ4n) is 2.73. The summed E-state index contributed by atoms with van der Waals surface area (Å²) < 4.78 is 11.2. The fraction of sp³-hybridized carbons (Fsp3) is 0.409. The van der Waals surface area contributed by atoms with Crippen LogP contribution < -0.4 is 20.1 Å². The molecule has 0 saturated carbocycles. The topological polar surface area (TPSA) is 59.6 Å². The normalized spacial score (nSPS) is 11.7. The van der Waals surface area contributed by atoms with Gasteiger partial charge in [0, 0.05) is 11.8 Å². The minimum absolute atomic E-state index is 0.0868. The van der Waals surface area contributed by atoms with Gasteiger partial charge < -0.3 is 20.1 Å². The molecule has 2 N–H and O–H groups in total. The van der Waals surface area contributed by atoms with Gasteiger partial charge >= 0.3 is 6.03 Å². The third kappa shape index (κ3) is 6.85. The van der Waals surface area contributed by atoms with Gasteiger partial charge in [-0.1, -0.05) is 44.2 Å². The van der Waals surface area contributed by atoms with Crippen molar-refractivity contribution in [3.05, 3.63) is 54.1 Å². The highest BCUT2D eigenvalue weighted by Gasteiger charge is 2.11. The van der Waals surface area contributed by atoms with Gasteiger partial charge in [-0.25, -0.2) is 4.79 Å². The Labute approximate surface area is 162 Å².